The van der Waals surface area contributed by atoms with Gasteiger partial charge in [0, 0.05) is 18.2 Å². The molecule has 7 heteroatoms. The molecule has 2 heterocycles. The first-order valence-corrected chi connectivity index (χ1v) is 9.94. The van der Waals surface area contributed by atoms with Crippen molar-refractivity contribution in [1.29, 1.82) is 0 Å². The average molecular weight is 426 g/mol. The number of aromatic nitrogens is 1. The summed E-state index contributed by atoms with van der Waals surface area (Å²) >= 11 is 0. The minimum Gasteiger partial charge on any atom is -0.488 e. The van der Waals surface area contributed by atoms with E-state index in [2.05, 4.69) is 16.4 Å². The van der Waals surface area contributed by atoms with Gasteiger partial charge in [0.25, 0.3) is 0 Å². The van der Waals surface area contributed by atoms with Gasteiger partial charge in [-0.3, -0.25) is 9.78 Å². The lowest BCUT2D eigenvalue weighted by atomic mass is 10.0. The zero-order valence-electron chi connectivity index (χ0n) is 16.9. The number of alkyl halides is 3. The third-order valence-corrected chi connectivity index (χ3v) is 5.23. The summed E-state index contributed by atoms with van der Waals surface area (Å²) in [4.78, 5) is 16.7. The summed E-state index contributed by atoms with van der Waals surface area (Å²) < 4.78 is 44.4. The lowest BCUT2D eigenvalue weighted by Crippen LogP contribution is -2.35. The Kier molecular flexibility index (Phi) is 5.67. The van der Waals surface area contributed by atoms with Crippen LogP contribution in [0.15, 0.2) is 60.8 Å². The Bertz CT molecular complexity index is 1110. The maximum absolute atomic E-state index is 12.8. The van der Waals surface area contributed by atoms with Crippen LogP contribution in [0.25, 0.3) is 11.3 Å². The van der Waals surface area contributed by atoms with Crippen LogP contribution in [-0.4, -0.2) is 23.5 Å². The van der Waals surface area contributed by atoms with Crippen molar-refractivity contribution in [3.63, 3.8) is 0 Å². The van der Waals surface area contributed by atoms with Gasteiger partial charge in [-0.25, -0.2) is 0 Å². The Morgan fingerprint density at radius 3 is 2.77 bits per heavy atom. The first-order chi connectivity index (χ1) is 14.8. The van der Waals surface area contributed by atoms with Gasteiger partial charge in [0.2, 0.25) is 5.91 Å². The molecule has 0 unspecified atom stereocenters. The molecule has 31 heavy (non-hydrogen) atoms. The number of nitrogens with one attached hydrogen (secondary N) is 1. The summed E-state index contributed by atoms with van der Waals surface area (Å²) in [5.41, 5.74) is 3.61. The fraction of sp³-hybridized carbons (Fsp3) is 0.250. The molecule has 4 rings (SSSR count). The van der Waals surface area contributed by atoms with E-state index in [4.69, 9.17) is 4.74 Å². The van der Waals surface area contributed by atoms with Crippen LogP contribution in [0.1, 0.15) is 22.3 Å². The normalized spacial score (nSPS) is 15.3. The number of carbonyl (C=O) groups is 1. The van der Waals surface area contributed by atoms with E-state index in [-0.39, 0.29) is 25.0 Å². The third kappa shape index (κ3) is 4.87. The Labute approximate surface area is 178 Å². The highest BCUT2D eigenvalue weighted by molar-refractivity contribution is 5.78. The zero-order valence-corrected chi connectivity index (χ0v) is 16.9. The number of ether oxygens (including phenoxy) is 1. The number of aryl methyl sites for hydroxylation is 1. The van der Waals surface area contributed by atoms with E-state index in [0.717, 1.165) is 40.3 Å². The monoisotopic (exact) mass is 426 g/mol. The van der Waals surface area contributed by atoms with Gasteiger partial charge in [-0.2, -0.15) is 13.2 Å². The second kappa shape index (κ2) is 8.41. The van der Waals surface area contributed by atoms with E-state index >= 15 is 0 Å². The predicted molar refractivity (Wildman–Crippen MR) is 111 cm³/mol. The molecule has 1 atom stereocenters. The molecule has 0 aliphatic carbocycles. The molecular weight excluding hydrogens is 405 g/mol. The van der Waals surface area contributed by atoms with Crippen LogP contribution < -0.4 is 10.1 Å². The Morgan fingerprint density at radius 1 is 1.16 bits per heavy atom. The van der Waals surface area contributed by atoms with E-state index in [1.54, 1.807) is 6.20 Å². The van der Waals surface area contributed by atoms with Gasteiger partial charge < -0.3 is 10.1 Å². The van der Waals surface area contributed by atoms with Crippen molar-refractivity contribution < 1.29 is 22.7 Å². The highest BCUT2D eigenvalue weighted by atomic mass is 19.4. The van der Waals surface area contributed by atoms with Crippen molar-refractivity contribution in [3.8, 4) is 17.0 Å². The minimum absolute atomic E-state index is 0.118. The third-order valence-electron chi connectivity index (χ3n) is 5.23. The lowest BCUT2D eigenvalue weighted by molar-refractivity contribution is -0.137. The molecule has 1 aliphatic heterocycles. The van der Waals surface area contributed by atoms with E-state index in [0.29, 0.717) is 12.0 Å². The van der Waals surface area contributed by atoms with Gasteiger partial charge >= 0.3 is 6.18 Å². The molecule has 0 saturated heterocycles. The summed E-state index contributed by atoms with van der Waals surface area (Å²) in [7, 11) is 0. The second-order valence-electron chi connectivity index (χ2n) is 7.61. The molecular formula is C24H21F3N2O2. The lowest BCUT2D eigenvalue weighted by Gasteiger charge is -2.12. The molecule has 160 valence electrons. The van der Waals surface area contributed by atoms with Crippen molar-refractivity contribution >= 4 is 5.91 Å². The number of benzene rings is 2. The minimum atomic E-state index is -4.43. The maximum Gasteiger partial charge on any atom is 0.416 e. The molecule has 1 N–H and O–H groups in total. The topological polar surface area (TPSA) is 51.2 Å². The summed E-state index contributed by atoms with van der Waals surface area (Å²) in [6.45, 7) is 2.29. The molecule has 4 nitrogen and oxygen atoms in total. The molecule has 0 spiro atoms. The van der Waals surface area contributed by atoms with Gasteiger partial charge in [0.05, 0.1) is 24.2 Å². The predicted octanol–water partition coefficient (Wildman–Crippen LogP) is 4.74. The molecule has 3 aromatic rings. The molecule has 1 amide bonds. The number of nitrogens with zero attached hydrogens (tertiary/aromatic N) is 1. The summed E-state index contributed by atoms with van der Waals surface area (Å²) in [6.07, 6.45) is -2.37. The number of rotatable bonds is 5. The summed E-state index contributed by atoms with van der Waals surface area (Å²) in [5, 5.41) is 2.76. The zero-order chi connectivity index (χ0) is 22.0. The van der Waals surface area contributed by atoms with Crippen molar-refractivity contribution in [2.45, 2.75) is 32.0 Å². The quantitative estimate of drug-likeness (QED) is 0.641. The Balaban J connectivity index is 1.35. The number of amides is 1. The number of halogens is 3. The van der Waals surface area contributed by atoms with Crippen LogP contribution in [0.5, 0.6) is 5.75 Å². The van der Waals surface area contributed by atoms with Crippen LogP contribution in [0.2, 0.25) is 0 Å². The van der Waals surface area contributed by atoms with Crippen LogP contribution in [-0.2, 0) is 23.8 Å². The Morgan fingerprint density at radius 2 is 2.00 bits per heavy atom. The van der Waals surface area contributed by atoms with Crippen molar-refractivity contribution in [1.82, 2.24) is 10.3 Å². The second-order valence-corrected chi connectivity index (χ2v) is 7.61. The first-order valence-electron chi connectivity index (χ1n) is 9.94. The SMILES string of the molecule is Cc1cccnc1-c1ccc2c(c1)C[C@H](CNC(=O)Cc1cccc(C(F)(F)F)c1)O2. The number of fused-ring (bicyclic) bond motifs is 1. The number of hydrogen-bond donors (Lipinski definition) is 1. The maximum atomic E-state index is 12.8. The molecule has 2 aromatic carbocycles. The number of hydrogen-bond acceptors (Lipinski definition) is 3. The van der Waals surface area contributed by atoms with Crippen molar-refractivity contribution in [3.05, 3.63) is 83.0 Å². The van der Waals surface area contributed by atoms with E-state index in [1.807, 2.05) is 31.2 Å². The van der Waals surface area contributed by atoms with Crippen LogP contribution in [0.3, 0.4) is 0 Å². The molecule has 1 aliphatic rings. The van der Waals surface area contributed by atoms with Gasteiger partial charge in [-0.15, -0.1) is 0 Å². The number of pyridine rings is 1. The van der Waals surface area contributed by atoms with Crippen LogP contribution in [0, 0.1) is 6.92 Å². The van der Waals surface area contributed by atoms with Gasteiger partial charge in [0.15, 0.2) is 0 Å². The highest BCUT2D eigenvalue weighted by Gasteiger charge is 2.30. The van der Waals surface area contributed by atoms with Crippen LogP contribution >= 0.6 is 0 Å². The molecule has 1 aromatic heterocycles. The van der Waals surface area contributed by atoms with E-state index < -0.39 is 11.7 Å². The molecule has 0 saturated carbocycles. The van der Waals surface area contributed by atoms with Crippen molar-refractivity contribution in [2.24, 2.45) is 0 Å². The van der Waals surface area contributed by atoms with Gasteiger partial charge in [-0.1, -0.05) is 24.3 Å². The van der Waals surface area contributed by atoms with E-state index in [9.17, 15) is 18.0 Å². The van der Waals surface area contributed by atoms with Crippen LogP contribution in [0.4, 0.5) is 13.2 Å². The summed E-state index contributed by atoms with van der Waals surface area (Å²) in [5.74, 6) is 0.429. The van der Waals surface area contributed by atoms with E-state index in [1.165, 1.54) is 12.1 Å². The fourth-order valence-electron chi connectivity index (χ4n) is 3.70. The largest absolute Gasteiger partial charge is 0.488 e. The van der Waals surface area contributed by atoms with Gasteiger partial charge in [-0.05, 0) is 53.9 Å². The highest BCUT2D eigenvalue weighted by Crippen LogP contribution is 2.33. The van der Waals surface area contributed by atoms with Gasteiger partial charge in [0.1, 0.15) is 11.9 Å². The fourth-order valence-corrected chi connectivity index (χ4v) is 3.70. The molecule has 0 radical (unpaired) electrons. The average Bonchev–Trinajstić information content (AvgIpc) is 3.14. The Hall–Kier alpha value is -3.35. The molecule has 0 fully saturated rings. The first kappa shape index (κ1) is 20.9. The summed E-state index contributed by atoms with van der Waals surface area (Å²) in [6, 6.07) is 14.6. The number of carbonyl (C=O) groups excluding carboxylic acids is 1. The van der Waals surface area contributed by atoms with Crippen molar-refractivity contribution in [2.75, 3.05) is 6.54 Å². The standard InChI is InChI=1S/C24H21F3N2O2/c1-15-4-3-9-28-23(15)17-7-8-21-18(12-17)13-20(31-21)14-29-22(30)11-16-5-2-6-19(10-16)24(25,26)27/h2-10,12,20H,11,13-14H2,1H3,(H,29,30)/t20-/m1/s1. The smallest absolute Gasteiger partial charge is 0.416 e. The molecule has 0 bridgehead atoms.